The van der Waals surface area contributed by atoms with Crippen LogP contribution in [-0.2, 0) is 0 Å². The lowest BCUT2D eigenvalue weighted by molar-refractivity contribution is 0.331. The Balaban J connectivity index is 2.34. The van der Waals surface area contributed by atoms with Crippen LogP contribution >= 0.6 is 0 Å². The lowest BCUT2D eigenvalue weighted by atomic mass is 9.68. The van der Waals surface area contributed by atoms with Crippen LogP contribution in [-0.4, -0.2) is 0 Å². The molecule has 0 aliphatic heterocycles. The van der Waals surface area contributed by atoms with Gasteiger partial charge in [-0.2, -0.15) is 0 Å². The third kappa shape index (κ3) is 2.04. The quantitative estimate of drug-likeness (QED) is 0.586. The minimum Gasteiger partial charge on any atom is -0.0805 e. The van der Waals surface area contributed by atoms with Crippen molar-refractivity contribution in [2.45, 2.75) is 47.0 Å². The summed E-state index contributed by atoms with van der Waals surface area (Å²) in [5.41, 5.74) is 3.34. The van der Waals surface area contributed by atoms with Gasteiger partial charge in [-0.25, -0.2) is 0 Å². The molecule has 0 bridgehead atoms. The molecular weight excluding hydrogens is 180 g/mol. The van der Waals surface area contributed by atoms with E-state index in [1.54, 1.807) is 11.1 Å². The highest BCUT2D eigenvalue weighted by atomic mass is 14.4. The van der Waals surface area contributed by atoms with Gasteiger partial charge in [0.05, 0.1) is 0 Å². The van der Waals surface area contributed by atoms with Crippen molar-refractivity contribution >= 4 is 0 Å². The van der Waals surface area contributed by atoms with Gasteiger partial charge in [0.1, 0.15) is 0 Å². The monoisotopic (exact) mass is 204 g/mol. The van der Waals surface area contributed by atoms with Crippen molar-refractivity contribution < 1.29 is 0 Å². The Morgan fingerprint density at radius 3 is 2.60 bits per heavy atom. The summed E-state index contributed by atoms with van der Waals surface area (Å²) in [4.78, 5) is 0. The molecule has 0 aromatic rings. The normalized spacial score (nSPS) is 35.9. The molecule has 0 saturated carbocycles. The van der Waals surface area contributed by atoms with Crippen LogP contribution in [0.25, 0.3) is 0 Å². The fourth-order valence-electron chi connectivity index (χ4n) is 3.18. The largest absolute Gasteiger partial charge is 0.0805 e. The third-order valence-corrected chi connectivity index (χ3v) is 4.15. The molecule has 0 fully saturated rings. The molecule has 0 aromatic carbocycles. The minimum absolute atomic E-state index is 0.705. The number of rotatable bonds is 1. The third-order valence-electron chi connectivity index (χ3n) is 4.15. The van der Waals surface area contributed by atoms with Crippen LogP contribution in [0.2, 0.25) is 0 Å². The Bertz CT molecular complexity index is 293. The second kappa shape index (κ2) is 4.15. The summed E-state index contributed by atoms with van der Waals surface area (Å²) in [6, 6.07) is 0. The second-order valence-corrected chi connectivity index (χ2v) is 5.81. The van der Waals surface area contributed by atoms with E-state index >= 15 is 0 Å². The van der Waals surface area contributed by atoms with Gasteiger partial charge in [-0.1, -0.05) is 39.8 Å². The molecule has 3 atom stereocenters. The molecule has 2 rings (SSSR count). The molecule has 3 unspecified atom stereocenters. The summed E-state index contributed by atoms with van der Waals surface area (Å²) >= 11 is 0. The zero-order valence-corrected chi connectivity index (χ0v) is 10.6. The Kier molecular flexibility index (Phi) is 3.04. The van der Waals surface area contributed by atoms with E-state index in [4.69, 9.17) is 0 Å². The smallest absolute Gasteiger partial charge is 0.0133 e. The van der Waals surface area contributed by atoms with Gasteiger partial charge in [-0.15, -0.1) is 0 Å². The molecule has 0 saturated heterocycles. The molecule has 0 N–H and O–H groups in total. The van der Waals surface area contributed by atoms with E-state index < -0.39 is 0 Å². The number of hydrogen-bond donors (Lipinski definition) is 0. The summed E-state index contributed by atoms with van der Waals surface area (Å²) < 4.78 is 0. The predicted octanol–water partition coefficient (Wildman–Crippen LogP) is 4.58. The number of fused-ring (bicyclic) bond motifs is 1. The van der Waals surface area contributed by atoms with Crippen molar-refractivity contribution in [1.82, 2.24) is 0 Å². The topological polar surface area (TPSA) is 0 Å². The van der Waals surface area contributed by atoms with Gasteiger partial charge in [0.25, 0.3) is 0 Å². The Labute approximate surface area is 94.5 Å². The minimum atomic E-state index is 0.705. The van der Waals surface area contributed by atoms with Gasteiger partial charge >= 0.3 is 0 Å². The highest BCUT2D eigenvalue weighted by molar-refractivity contribution is 5.38. The molecule has 0 nitrogen and oxygen atoms in total. The SMILES string of the molecule is CC1C=C2C(C(C)C)=CCC(C)C2CC1. The molecule has 15 heavy (non-hydrogen) atoms. The molecule has 2 aliphatic rings. The van der Waals surface area contributed by atoms with E-state index in [0.717, 1.165) is 17.8 Å². The molecule has 84 valence electrons. The van der Waals surface area contributed by atoms with Crippen molar-refractivity contribution in [3.05, 3.63) is 23.3 Å². The first kappa shape index (κ1) is 11.0. The summed E-state index contributed by atoms with van der Waals surface area (Å²) in [5.74, 6) is 3.23. The average Bonchev–Trinajstić information content (AvgIpc) is 2.17. The van der Waals surface area contributed by atoms with Crippen molar-refractivity contribution in [3.8, 4) is 0 Å². The first-order valence-electron chi connectivity index (χ1n) is 6.51. The second-order valence-electron chi connectivity index (χ2n) is 5.81. The summed E-state index contributed by atoms with van der Waals surface area (Å²) in [6.45, 7) is 9.44. The Morgan fingerprint density at radius 1 is 1.20 bits per heavy atom. The van der Waals surface area contributed by atoms with E-state index in [0.29, 0.717) is 5.92 Å². The van der Waals surface area contributed by atoms with Crippen molar-refractivity contribution in [2.75, 3.05) is 0 Å². The van der Waals surface area contributed by atoms with Crippen LogP contribution in [0.1, 0.15) is 47.0 Å². The molecule has 0 radical (unpaired) electrons. The van der Waals surface area contributed by atoms with Gasteiger partial charge in [0.15, 0.2) is 0 Å². The number of hydrogen-bond acceptors (Lipinski definition) is 0. The lowest BCUT2D eigenvalue weighted by Crippen LogP contribution is -2.25. The standard InChI is InChI=1S/C15H24/c1-10(2)13-8-6-12(4)14-7-5-11(3)9-15(13)14/h8-12,14H,5-7H2,1-4H3. The van der Waals surface area contributed by atoms with Gasteiger partial charge in [-0.05, 0) is 54.1 Å². The summed E-state index contributed by atoms with van der Waals surface area (Å²) in [6.07, 6.45) is 9.15. The van der Waals surface area contributed by atoms with Crippen LogP contribution in [0.4, 0.5) is 0 Å². The zero-order valence-electron chi connectivity index (χ0n) is 10.6. The van der Waals surface area contributed by atoms with Crippen LogP contribution < -0.4 is 0 Å². The maximum atomic E-state index is 2.55. The molecule has 0 aromatic heterocycles. The first-order valence-corrected chi connectivity index (χ1v) is 6.51. The van der Waals surface area contributed by atoms with E-state index in [1.807, 2.05) is 0 Å². The highest BCUT2D eigenvalue weighted by Gasteiger charge is 2.31. The van der Waals surface area contributed by atoms with Crippen LogP contribution in [0.5, 0.6) is 0 Å². The summed E-state index contributed by atoms with van der Waals surface area (Å²) in [7, 11) is 0. The van der Waals surface area contributed by atoms with Gasteiger partial charge in [0, 0.05) is 0 Å². The fourth-order valence-corrected chi connectivity index (χ4v) is 3.18. The van der Waals surface area contributed by atoms with E-state index in [1.165, 1.54) is 19.3 Å². The molecule has 0 heterocycles. The van der Waals surface area contributed by atoms with E-state index in [2.05, 4.69) is 39.8 Å². The molecule has 2 aliphatic carbocycles. The molecule has 0 heteroatoms. The first-order chi connectivity index (χ1) is 7.09. The van der Waals surface area contributed by atoms with E-state index in [-0.39, 0.29) is 0 Å². The van der Waals surface area contributed by atoms with Crippen molar-refractivity contribution in [3.63, 3.8) is 0 Å². The predicted molar refractivity (Wildman–Crippen MR) is 66.7 cm³/mol. The van der Waals surface area contributed by atoms with E-state index in [9.17, 15) is 0 Å². The molecule has 0 spiro atoms. The maximum absolute atomic E-state index is 2.55. The van der Waals surface area contributed by atoms with Crippen LogP contribution in [0, 0.1) is 23.7 Å². The van der Waals surface area contributed by atoms with Gasteiger partial charge in [-0.3, -0.25) is 0 Å². The average molecular weight is 204 g/mol. The number of allylic oxidation sites excluding steroid dienone is 4. The maximum Gasteiger partial charge on any atom is -0.0133 e. The highest BCUT2D eigenvalue weighted by Crippen LogP contribution is 2.43. The Hall–Kier alpha value is -0.520. The molecular formula is C15H24. The fraction of sp³-hybridized carbons (Fsp3) is 0.733. The van der Waals surface area contributed by atoms with Crippen molar-refractivity contribution in [1.29, 1.82) is 0 Å². The van der Waals surface area contributed by atoms with Crippen LogP contribution in [0.3, 0.4) is 0 Å². The molecule has 0 amide bonds. The van der Waals surface area contributed by atoms with Gasteiger partial charge < -0.3 is 0 Å². The Morgan fingerprint density at radius 2 is 1.93 bits per heavy atom. The lowest BCUT2D eigenvalue weighted by Gasteiger charge is -2.37. The van der Waals surface area contributed by atoms with Crippen molar-refractivity contribution in [2.24, 2.45) is 23.7 Å². The van der Waals surface area contributed by atoms with Crippen LogP contribution in [0.15, 0.2) is 23.3 Å². The summed E-state index contributed by atoms with van der Waals surface area (Å²) in [5, 5.41) is 0. The zero-order chi connectivity index (χ0) is 11.0. The van der Waals surface area contributed by atoms with Gasteiger partial charge in [0.2, 0.25) is 0 Å².